The third-order valence-corrected chi connectivity index (χ3v) is 2.08. The molecule has 0 fully saturated rings. The average molecular weight is 226 g/mol. The molecule has 7 heteroatoms. The Bertz CT molecular complexity index is 471. The van der Waals surface area contributed by atoms with Gasteiger partial charge < -0.3 is 0 Å². The van der Waals surface area contributed by atoms with E-state index in [4.69, 9.17) is 21.0 Å². The van der Waals surface area contributed by atoms with Crippen LogP contribution in [0.1, 0.15) is 12.7 Å². The van der Waals surface area contributed by atoms with Gasteiger partial charge in [0.25, 0.3) is 5.82 Å². The van der Waals surface area contributed by atoms with Crippen LogP contribution in [0.15, 0.2) is 12.4 Å². The number of hydrogen-bond acceptors (Lipinski definition) is 4. The molecule has 0 amide bonds. The number of aromatic nitrogens is 2. The fraction of sp³-hybridized carbons (Fsp3) is 0.300. The lowest BCUT2D eigenvalue weighted by Gasteiger charge is -1.98. The molecule has 1 N–H and O–H groups in total. The SMILES string of the molecule is CCc1[nH]cc[n+]1C.N#C[B-](C#N)(C#N)C#N. The third-order valence-electron chi connectivity index (χ3n) is 2.08. The summed E-state index contributed by atoms with van der Waals surface area (Å²) in [5.41, 5.74) is 0. The normalized spacial score (nSPS) is 8.59. The molecule has 84 valence electrons. The second-order valence-electron chi connectivity index (χ2n) is 3.25. The van der Waals surface area contributed by atoms with Crippen LogP contribution in [0.4, 0.5) is 0 Å². The maximum atomic E-state index is 8.09. The Morgan fingerprint density at radius 1 is 1.18 bits per heavy atom. The highest BCUT2D eigenvalue weighted by Gasteiger charge is 2.22. The molecule has 1 heterocycles. The van der Waals surface area contributed by atoms with Crippen molar-refractivity contribution in [2.75, 3.05) is 0 Å². The Labute approximate surface area is 99.9 Å². The Morgan fingerprint density at radius 3 is 1.76 bits per heavy atom. The molecular weight excluding hydrogens is 215 g/mol. The van der Waals surface area contributed by atoms with Crippen molar-refractivity contribution in [1.82, 2.24) is 4.98 Å². The van der Waals surface area contributed by atoms with Crippen molar-refractivity contribution in [1.29, 1.82) is 21.0 Å². The van der Waals surface area contributed by atoms with E-state index in [0.29, 0.717) is 0 Å². The maximum Gasteiger partial charge on any atom is 0.383 e. The Kier molecular flexibility index (Phi) is 5.58. The van der Waals surface area contributed by atoms with E-state index in [1.165, 1.54) is 29.7 Å². The molecule has 0 radical (unpaired) electrons. The lowest BCUT2D eigenvalue weighted by atomic mass is 9.30. The summed E-state index contributed by atoms with van der Waals surface area (Å²) in [6.45, 7) is 2.13. The van der Waals surface area contributed by atoms with Crippen LogP contribution in [-0.2, 0) is 13.5 Å². The molecule has 0 aliphatic carbocycles. The van der Waals surface area contributed by atoms with Crippen LogP contribution in [0.2, 0.25) is 0 Å². The van der Waals surface area contributed by atoms with Crippen molar-refractivity contribution in [2.45, 2.75) is 13.3 Å². The molecule has 0 bridgehead atoms. The number of aryl methyl sites for hydroxylation is 2. The lowest BCUT2D eigenvalue weighted by Crippen LogP contribution is -2.29. The second kappa shape index (κ2) is 6.67. The van der Waals surface area contributed by atoms with Crippen LogP contribution in [-0.4, -0.2) is 11.1 Å². The van der Waals surface area contributed by atoms with Gasteiger partial charge in [-0.1, -0.05) is 6.92 Å². The van der Waals surface area contributed by atoms with Gasteiger partial charge in [-0.3, -0.25) is 0 Å². The summed E-state index contributed by atoms with van der Waals surface area (Å²) in [6, 6.07) is 0. The molecule has 6 nitrogen and oxygen atoms in total. The van der Waals surface area contributed by atoms with Gasteiger partial charge in [0, 0.05) is 6.42 Å². The fourth-order valence-electron chi connectivity index (χ4n) is 0.962. The van der Waals surface area contributed by atoms with Crippen molar-refractivity contribution in [3.8, 4) is 23.9 Å². The minimum Gasteiger partial charge on any atom is -0.248 e. The number of H-pyrrole nitrogens is 1. The summed E-state index contributed by atoms with van der Waals surface area (Å²) < 4.78 is 2.08. The first kappa shape index (κ1) is 14.2. The molecule has 0 saturated heterocycles. The van der Waals surface area contributed by atoms with Crippen molar-refractivity contribution in [2.24, 2.45) is 7.05 Å². The molecule has 0 saturated carbocycles. The largest absolute Gasteiger partial charge is 0.383 e. The summed E-state index contributed by atoms with van der Waals surface area (Å²) in [6.07, 6.45) is 2.31. The van der Waals surface area contributed by atoms with Gasteiger partial charge in [0.2, 0.25) is 0 Å². The quantitative estimate of drug-likeness (QED) is 0.539. The number of rotatable bonds is 1. The summed E-state index contributed by atoms with van der Waals surface area (Å²) in [7, 11) is 2.04. The van der Waals surface area contributed by atoms with Crippen LogP contribution >= 0.6 is 0 Å². The van der Waals surface area contributed by atoms with E-state index in [1.54, 1.807) is 0 Å². The first-order chi connectivity index (χ1) is 8.09. The number of aromatic amines is 1. The van der Waals surface area contributed by atoms with Gasteiger partial charge in [-0.05, 0) is 0 Å². The Hall–Kier alpha value is -2.77. The molecule has 1 aromatic rings. The molecule has 0 spiro atoms. The molecule has 0 aliphatic rings. The molecule has 0 aromatic carbocycles. The first-order valence-electron chi connectivity index (χ1n) is 4.91. The Morgan fingerprint density at radius 2 is 1.65 bits per heavy atom. The van der Waals surface area contributed by atoms with Gasteiger partial charge in [-0.25, -0.2) is 30.6 Å². The third kappa shape index (κ3) is 3.70. The minimum atomic E-state index is -2.72. The molecule has 1 aromatic heterocycles. The van der Waals surface area contributed by atoms with Crippen molar-refractivity contribution in [3.05, 3.63) is 18.2 Å². The van der Waals surface area contributed by atoms with Crippen molar-refractivity contribution >= 4 is 6.15 Å². The maximum absolute atomic E-state index is 8.09. The average Bonchev–Trinajstić information content (AvgIpc) is 2.79. The molecular formula is C10H11BN6. The van der Waals surface area contributed by atoms with Crippen LogP contribution in [0.5, 0.6) is 0 Å². The molecule has 0 atom stereocenters. The molecule has 1 rings (SSSR count). The van der Waals surface area contributed by atoms with Gasteiger partial charge >= 0.3 is 6.15 Å². The number of nitrogens with one attached hydrogen (secondary N) is 1. The van der Waals surface area contributed by atoms with Crippen LogP contribution in [0.25, 0.3) is 0 Å². The number of hydrogen-bond donors (Lipinski definition) is 1. The first-order valence-corrected chi connectivity index (χ1v) is 4.91. The van der Waals surface area contributed by atoms with Crippen molar-refractivity contribution < 1.29 is 4.57 Å². The smallest absolute Gasteiger partial charge is 0.248 e. The predicted molar refractivity (Wildman–Crippen MR) is 59.6 cm³/mol. The molecule has 17 heavy (non-hydrogen) atoms. The van der Waals surface area contributed by atoms with Gasteiger partial charge in [0.05, 0.1) is 7.05 Å². The zero-order chi connectivity index (χ0) is 13.3. The predicted octanol–water partition coefficient (Wildman–Crippen LogP) is 0.0879. The highest BCUT2D eigenvalue weighted by atomic mass is 15.0. The zero-order valence-electron chi connectivity index (χ0n) is 9.68. The monoisotopic (exact) mass is 226 g/mol. The van der Waals surface area contributed by atoms with E-state index >= 15 is 0 Å². The van der Waals surface area contributed by atoms with Gasteiger partial charge in [-0.15, -0.1) is 23.9 Å². The topological polar surface area (TPSA) is 115 Å². The van der Waals surface area contributed by atoms with Gasteiger partial charge in [0.15, 0.2) is 0 Å². The van der Waals surface area contributed by atoms with Crippen molar-refractivity contribution in [3.63, 3.8) is 0 Å². The molecule has 0 unspecified atom stereocenters. The van der Waals surface area contributed by atoms with Crippen LogP contribution < -0.4 is 4.57 Å². The van der Waals surface area contributed by atoms with E-state index in [2.05, 4.69) is 16.5 Å². The lowest BCUT2D eigenvalue weighted by molar-refractivity contribution is -0.677. The number of imidazole rings is 1. The van der Waals surface area contributed by atoms with E-state index < -0.39 is 6.15 Å². The number of nitriles is 4. The van der Waals surface area contributed by atoms with Gasteiger partial charge in [-0.2, -0.15) is 0 Å². The fourth-order valence-corrected chi connectivity index (χ4v) is 0.962. The summed E-state index contributed by atoms with van der Waals surface area (Å²) in [5.74, 6) is 6.64. The summed E-state index contributed by atoms with van der Waals surface area (Å²) in [4.78, 5) is 3.12. The van der Waals surface area contributed by atoms with Crippen LogP contribution in [0.3, 0.4) is 0 Å². The minimum absolute atomic E-state index is 1.07. The van der Waals surface area contributed by atoms with E-state index in [9.17, 15) is 0 Å². The molecule has 0 aliphatic heterocycles. The van der Waals surface area contributed by atoms with E-state index in [1.807, 2.05) is 19.4 Å². The van der Waals surface area contributed by atoms with E-state index in [-0.39, 0.29) is 0 Å². The summed E-state index contributed by atoms with van der Waals surface area (Å²) in [5, 5.41) is 32.3. The van der Waals surface area contributed by atoms with Gasteiger partial charge in [0.1, 0.15) is 12.4 Å². The number of nitrogens with zero attached hydrogens (tertiary/aromatic N) is 5. The summed E-state index contributed by atoms with van der Waals surface area (Å²) >= 11 is 0. The standard InChI is InChI=1S/C6H10N2.C4BN4/c1-3-6-7-4-5-8(6)2;6-1-5(2-7,3-8)4-9/h4-5H,3H2,1-2H3;/q;-1/p+1. The van der Waals surface area contributed by atoms with Crippen LogP contribution in [0, 0.1) is 44.9 Å². The second-order valence-corrected chi connectivity index (χ2v) is 3.25. The van der Waals surface area contributed by atoms with E-state index in [0.717, 1.165) is 6.42 Å². The Balaban J connectivity index is 0.000000302. The zero-order valence-corrected chi connectivity index (χ0v) is 9.68. The highest BCUT2D eigenvalue weighted by molar-refractivity contribution is 7.05. The highest BCUT2D eigenvalue weighted by Crippen LogP contribution is 1.92.